The van der Waals surface area contributed by atoms with E-state index in [1.54, 1.807) is 0 Å². The Morgan fingerprint density at radius 3 is 2.75 bits per heavy atom. The summed E-state index contributed by atoms with van der Waals surface area (Å²) < 4.78 is 0. The van der Waals surface area contributed by atoms with Gasteiger partial charge in [-0.05, 0) is 44.6 Å². The zero-order valence-corrected chi connectivity index (χ0v) is 12.7. The molecule has 1 aliphatic carbocycles. The third kappa shape index (κ3) is 2.73. The highest BCUT2D eigenvalue weighted by atomic mass is 16.2. The third-order valence-corrected chi connectivity index (χ3v) is 5.76. The molecule has 5 unspecified atom stereocenters. The number of nitrogens with zero attached hydrogens (tertiary/aromatic N) is 1. The molecule has 3 rings (SSSR count). The van der Waals surface area contributed by atoms with E-state index >= 15 is 0 Å². The van der Waals surface area contributed by atoms with Crippen LogP contribution in [0.2, 0.25) is 0 Å². The number of hydrogen-bond donors (Lipinski definition) is 2. The Labute approximate surface area is 122 Å². The van der Waals surface area contributed by atoms with E-state index in [-0.39, 0.29) is 17.9 Å². The first-order valence-electron chi connectivity index (χ1n) is 8.47. The lowest BCUT2D eigenvalue weighted by Crippen LogP contribution is -2.53. The fraction of sp³-hybridized carbons (Fsp3) is 0.938. The molecule has 3 fully saturated rings. The molecule has 20 heavy (non-hydrogen) atoms. The summed E-state index contributed by atoms with van der Waals surface area (Å²) in [6.07, 6.45) is 8.32. The largest absolute Gasteiger partial charge is 0.351 e. The summed E-state index contributed by atoms with van der Waals surface area (Å²) in [5, 5.41) is 3.35. The number of piperidine rings is 1. The SMILES string of the molecule is CC1CCCC(N)C1C(=O)NC1CCN2CCCCC12. The van der Waals surface area contributed by atoms with Gasteiger partial charge < -0.3 is 11.1 Å². The van der Waals surface area contributed by atoms with E-state index in [1.807, 2.05) is 0 Å². The maximum atomic E-state index is 12.6. The fourth-order valence-electron chi connectivity index (χ4n) is 4.60. The first-order chi connectivity index (χ1) is 9.66. The quantitative estimate of drug-likeness (QED) is 0.805. The minimum absolute atomic E-state index is 0.0291. The van der Waals surface area contributed by atoms with Crippen LogP contribution in [0.25, 0.3) is 0 Å². The smallest absolute Gasteiger partial charge is 0.225 e. The molecule has 4 nitrogen and oxygen atoms in total. The average molecular weight is 279 g/mol. The van der Waals surface area contributed by atoms with Gasteiger partial charge in [-0.3, -0.25) is 9.69 Å². The predicted molar refractivity (Wildman–Crippen MR) is 80.2 cm³/mol. The van der Waals surface area contributed by atoms with E-state index in [9.17, 15) is 4.79 Å². The summed E-state index contributed by atoms with van der Waals surface area (Å²) >= 11 is 0. The van der Waals surface area contributed by atoms with Gasteiger partial charge in [-0.1, -0.05) is 19.8 Å². The lowest BCUT2D eigenvalue weighted by Gasteiger charge is -2.36. The van der Waals surface area contributed by atoms with Crippen LogP contribution in [0, 0.1) is 11.8 Å². The minimum Gasteiger partial charge on any atom is -0.351 e. The van der Waals surface area contributed by atoms with Gasteiger partial charge in [-0.2, -0.15) is 0 Å². The maximum Gasteiger partial charge on any atom is 0.225 e. The van der Waals surface area contributed by atoms with Crippen LogP contribution in [-0.4, -0.2) is 42.0 Å². The van der Waals surface area contributed by atoms with Crippen LogP contribution in [0.5, 0.6) is 0 Å². The average Bonchev–Trinajstić information content (AvgIpc) is 2.82. The van der Waals surface area contributed by atoms with Crippen LogP contribution in [0.15, 0.2) is 0 Å². The fourth-order valence-corrected chi connectivity index (χ4v) is 4.60. The highest BCUT2D eigenvalue weighted by Crippen LogP contribution is 2.31. The monoisotopic (exact) mass is 279 g/mol. The second-order valence-electron chi connectivity index (χ2n) is 7.10. The molecule has 3 N–H and O–H groups in total. The molecule has 1 amide bonds. The molecule has 114 valence electrons. The molecule has 0 aromatic heterocycles. The molecular weight excluding hydrogens is 250 g/mol. The normalized spacial score (nSPS) is 42.2. The Bertz CT molecular complexity index is 350. The number of rotatable bonds is 2. The Morgan fingerprint density at radius 1 is 1.10 bits per heavy atom. The van der Waals surface area contributed by atoms with Crippen LogP contribution >= 0.6 is 0 Å². The van der Waals surface area contributed by atoms with Crippen molar-refractivity contribution in [3.8, 4) is 0 Å². The Kier molecular flexibility index (Phi) is 4.32. The van der Waals surface area contributed by atoms with Crippen molar-refractivity contribution in [1.29, 1.82) is 0 Å². The van der Waals surface area contributed by atoms with Gasteiger partial charge in [-0.15, -0.1) is 0 Å². The lowest BCUT2D eigenvalue weighted by atomic mass is 9.76. The summed E-state index contributed by atoms with van der Waals surface area (Å²) in [7, 11) is 0. The molecule has 0 radical (unpaired) electrons. The third-order valence-electron chi connectivity index (χ3n) is 5.76. The molecule has 5 atom stereocenters. The molecule has 0 aromatic rings. The summed E-state index contributed by atoms with van der Waals surface area (Å²) in [5.74, 6) is 0.686. The van der Waals surface area contributed by atoms with Gasteiger partial charge in [-0.25, -0.2) is 0 Å². The van der Waals surface area contributed by atoms with Crippen molar-refractivity contribution in [3.05, 3.63) is 0 Å². The van der Waals surface area contributed by atoms with Crippen molar-refractivity contribution >= 4 is 5.91 Å². The number of nitrogens with one attached hydrogen (secondary N) is 1. The molecule has 2 saturated heterocycles. The minimum atomic E-state index is 0.0291. The molecular formula is C16H29N3O. The van der Waals surface area contributed by atoms with E-state index in [4.69, 9.17) is 5.73 Å². The van der Waals surface area contributed by atoms with E-state index in [0.29, 0.717) is 18.0 Å². The molecule has 1 saturated carbocycles. The van der Waals surface area contributed by atoms with Crippen molar-refractivity contribution < 1.29 is 4.79 Å². The Hall–Kier alpha value is -0.610. The Morgan fingerprint density at radius 2 is 1.95 bits per heavy atom. The number of nitrogens with two attached hydrogens (primary N) is 1. The number of amides is 1. The van der Waals surface area contributed by atoms with E-state index in [1.165, 1.54) is 32.2 Å². The van der Waals surface area contributed by atoms with E-state index in [2.05, 4.69) is 17.1 Å². The number of hydrogen-bond acceptors (Lipinski definition) is 3. The summed E-state index contributed by atoms with van der Waals surface area (Å²) in [4.78, 5) is 15.2. The highest BCUT2D eigenvalue weighted by molar-refractivity contribution is 5.80. The topological polar surface area (TPSA) is 58.4 Å². The zero-order valence-electron chi connectivity index (χ0n) is 12.7. The molecule has 0 spiro atoms. The summed E-state index contributed by atoms with van der Waals surface area (Å²) in [6.45, 7) is 4.56. The second kappa shape index (κ2) is 6.02. The van der Waals surface area contributed by atoms with Crippen molar-refractivity contribution in [2.75, 3.05) is 13.1 Å². The van der Waals surface area contributed by atoms with E-state index < -0.39 is 0 Å². The van der Waals surface area contributed by atoms with Crippen molar-refractivity contribution in [2.24, 2.45) is 17.6 Å². The number of carbonyl (C=O) groups is 1. The zero-order chi connectivity index (χ0) is 14.1. The second-order valence-corrected chi connectivity index (χ2v) is 7.10. The van der Waals surface area contributed by atoms with Crippen molar-refractivity contribution in [1.82, 2.24) is 10.2 Å². The van der Waals surface area contributed by atoms with Crippen molar-refractivity contribution in [3.63, 3.8) is 0 Å². The molecule has 2 aliphatic heterocycles. The summed E-state index contributed by atoms with van der Waals surface area (Å²) in [6, 6.07) is 1.01. The molecule has 0 aromatic carbocycles. The standard InChI is InChI=1S/C16H29N3O/c1-11-5-4-6-12(17)15(11)16(20)18-13-8-10-19-9-3-2-7-14(13)19/h11-15H,2-10,17H2,1H3,(H,18,20). The first-order valence-corrected chi connectivity index (χ1v) is 8.47. The highest BCUT2D eigenvalue weighted by Gasteiger charge is 2.39. The predicted octanol–water partition coefficient (Wildman–Crippen LogP) is 1.49. The maximum absolute atomic E-state index is 12.6. The number of carbonyl (C=O) groups excluding carboxylic acids is 1. The molecule has 2 heterocycles. The van der Waals surface area contributed by atoms with Crippen LogP contribution in [0.1, 0.15) is 51.9 Å². The van der Waals surface area contributed by atoms with Gasteiger partial charge in [0.05, 0.1) is 5.92 Å². The molecule has 0 bridgehead atoms. The van der Waals surface area contributed by atoms with Gasteiger partial charge in [0, 0.05) is 24.7 Å². The van der Waals surface area contributed by atoms with Gasteiger partial charge in [0.15, 0.2) is 0 Å². The van der Waals surface area contributed by atoms with Crippen LogP contribution < -0.4 is 11.1 Å². The van der Waals surface area contributed by atoms with Gasteiger partial charge in [0.1, 0.15) is 0 Å². The van der Waals surface area contributed by atoms with Gasteiger partial charge >= 0.3 is 0 Å². The van der Waals surface area contributed by atoms with Crippen LogP contribution in [-0.2, 0) is 4.79 Å². The van der Waals surface area contributed by atoms with E-state index in [0.717, 1.165) is 25.8 Å². The molecule has 4 heteroatoms. The van der Waals surface area contributed by atoms with Crippen LogP contribution in [0.4, 0.5) is 0 Å². The van der Waals surface area contributed by atoms with Crippen LogP contribution in [0.3, 0.4) is 0 Å². The lowest BCUT2D eigenvalue weighted by molar-refractivity contribution is -0.129. The van der Waals surface area contributed by atoms with Crippen molar-refractivity contribution in [2.45, 2.75) is 70.0 Å². The van der Waals surface area contributed by atoms with Gasteiger partial charge in [0.2, 0.25) is 5.91 Å². The van der Waals surface area contributed by atoms with Gasteiger partial charge in [0.25, 0.3) is 0 Å². The Balaban J connectivity index is 1.60. The number of fused-ring (bicyclic) bond motifs is 1. The molecule has 3 aliphatic rings. The summed E-state index contributed by atoms with van der Waals surface area (Å²) in [5.41, 5.74) is 6.21. The first kappa shape index (κ1) is 14.3.